The molecule has 0 unspecified atom stereocenters. The Morgan fingerprint density at radius 2 is 1.88 bits per heavy atom. The predicted octanol–water partition coefficient (Wildman–Crippen LogP) is 5.93. The lowest BCUT2D eigenvalue weighted by molar-refractivity contribution is -0.115. The second-order valence-electron chi connectivity index (χ2n) is 6.38. The van der Waals surface area contributed by atoms with Gasteiger partial charge in [-0.1, -0.05) is 35.4 Å². The summed E-state index contributed by atoms with van der Waals surface area (Å²) in [5.41, 5.74) is 5.33. The van der Waals surface area contributed by atoms with Gasteiger partial charge in [-0.3, -0.25) is 4.79 Å². The van der Waals surface area contributed by atoms with Crippen LogP contribution in [0.4, 0.5) is 5.69 Å². The van der Waals surface area contributed by atoms with Crippen LogP contribution in [0.3, 0.4) is 0 Å². The van der Waals surface area contributed by atoms with Gasteiger partial charge in [-0.05, 0) is 56.2 Å². The minimum atomic E-state index is -0.0464. The van der Waals surface area contributed by atoms with Gasteiger partial charge in [-0.2, -0.15) is 0 Å². The molecule has 1 N–H and O–H groups in total. The van der Waals surface area contributed by atoms with Crippen molar-refractivity contribution in [3.05, 3.63) is 64.2 Å². The topological polar surface area (TPSA) is 42.0 Å². The predicted molar refractivity (Wildman–Crippen MR) is 111 cm³/mol. The molecule has 3 nitrogen and oxygen atoms in total. The van der Waals surface area contributed by atoms with Gasteiger partial charge in [0.15, 0.2) is 0 Å². The zero-order valence-electron chi connectivity index (χ0n) is 15.1. The van der Waals surface area contributed by atoms with Gasteiger partial charge in [0.05, 0.1) is 21.3 Å². The number of amides is 1. The lowest BCUT2D eigenvalue weighted by Crippen LogP contribution is -2.12. The van der Waals surface area contributed by atoms with Gasteiger partial charge in [0, 0.05) is 17.6 Å². The highest BCUT2D eigenvalue weighted by Crippen LogP contribution is 2.27. The molecule has 0 saturated carbocycles. The molecule has 0 atom stereocenters. The van der Waals surface area contributed by atoms with E-state index >= 15 is 0 Å². The van der Waals surface area contributed by atoms with Crippen molar-refractivity contribution in [2.24, 2.45) is 0 Å². The van der Waals surface area contributed by atoms with Gasteiger partial charge in [0.1, 0.15) is 0 Å². The maximum absolute atomic E-state index is 12.1. The van der Waals surface area contributed by atoms with Gasteiger partial charge in [0.25, 0.3) is 0 Å². The van der Waals surface area contributed by atoms with Crippen molar-refractivity contribution in [2.75, 3.05) is 11.1 Å². The molecular weight excluding hydrogens is 364 g/mol. The van der Waals surface area contributed by atoms with Gasteiger partial charge in [-0.15, -0.1) is 11.8 Å². The van der Waals surface area contributed by atoms with Crippen molar-refractivity contribution in [3.8, 4) is 0 Å². The van der Waals surface area contributed by atoms with Crippen LogP contribution in [0, 0.1) is 20.8 Å². The Kier molecular flexibility index (Phi) is 5.84. The average molecular weight is 385 g/mol. The van der Waals surface area contributed by atoms with Crippen LogP contribution < -0.4 is 5.32 Å². The van der Waals surface area contributed by atoms with Crippen LogP contribution in [0.1, 0.15) is 23.1 Å². The molecule has 26 heavy (non-hydrogen) atoms. The standard InChI is InChI=1S/C21H21ClN2OS/c1-13-10-15(3)21-16(11-13)14(2)12-20(24-21)26-9-8-19(25)23-18-7-5-4-6-17(18)22/h4-7,10-12H,8-9H2,1-3H3,(H,23,25). The Balaban J connectivity index is 1.65. The molecule has 0 radical (unpaired) electrons. The smallest absolute Gasteiger partial charge is 0.225 e. The fraction of sp³-hybridized carbons (Fsp3) is 0.238. The first-order chi connectivity index (χ1) is 12.4. The largest absolute Gasteiger partial charge is 0.325 e. The Labute approximate surface area is 163 Å². The van der Waals surface area contributed by atoms with Crippen LogP contribution in [0.15, 0.2) is 47.5 Å². The molecule has 134 valence electrons. The number of halogens is 1. The normalized spacial score (nSPS) is 10.9. The summed E-state index contributed by atoms with van der Waals surface area (Å²) in [6.07, 6.45) is 0.404. The molecule has 0 fully saturated rings. The van der Waals surface area contributed by atoms with Crippen molar-refractivity contribution in [1.29, 1.82) is 0 Å². The first-order valence-electron chi connectivity index (χ1n) is 8.50. The Hall–Kier alpha value is -2.04. The number of fused-ring (bicyclic) bond motifs is 1. The summed E-state index contributed by atoms with van der Waals surface area (Å²) in [7, 11) is 0. The summed E-state index contributed by atoms with van der Waals surface area (Å²) < 4.78 is 0. The number of para-hydroxylation sites is 1. The van der Waals surface area contributed by atoms with E-state index in [4.69, 9.17) is 16.6 Å². The molecule has 1 amide bonds. The van der Waals surface area contributed by atoms with Gasteiger partial charge < -0.3 is 5.32 Å². The van der Waals surface area contributed by atoms with Crippen LogP contribution in [-0.2, 0) is 4.79 Å². The van der Waals surface area contributed by atoms with Crippen LogP contribution in [0.25, 0.3) is 10.9 Å². The Bertz CT molecular complexity index is 972. The molecule has 0 aliphatic rings. The maximum Gasteiger partial charge on any atom is 0.225 e. The summed E-state index contributed by atoms with van der Waals surface area (Å²) in [6, 6.07) is 13.7. The van der Waals surface area contributed by atoms with E-state index in [1.165, 1.54) is 22.1 Å². The first kappa shape index (κ1) is 18.7. The zero-order chi connectivity index (χ0) is 18.7. The zero-order valence-corrected chi connectivity index (χ0v) is 16.7. The second kappa shape index (κ2) is 8.11. The number of pyridine rings is 1. The lowest BCUT2D eigenvalue weighted by atomic mass is 10.0. The first-order valence-corrected chi connectivity index (χ1v) is 9.86. The maximum atomic E-state index is 12.1. The van der Waals surface area contributed by atoms with Crippen molar-refractivity contribution in [2.45, 2.75) is 32.2 Å². The van der Waals surface area contributed by atoms with Crippen LogP contribution in [0.5, 0.6) is 0 Å². The number of nitrogens with one attached hydrogen (secondary N) is 1. The van der Waals surface area contributed by atoms with E-state index in [1.54, 1.807) is 23.9 Å². The van der Waals surface area contributed by atoms with E-state index in [-0.39, 0.29) is 5.91 Å². The highest BCUT2D eigenvalue weighted by molar-refractivity contribution is 7.99. The van der Waals surface area contributed by atoms with Gasteiger partial charge >= 0.3 is 0 Å². The summed E-state index contributed by atoms with van der Waals surface area (Å²) >= 11 is 7.67. The van der Waals surface area contributed by atoms with Gasteiger partial charge in [-0.25, -0.2) is 4.98 Å². The molecule has 0 spiro atoms. The molecule has 5 heteroatoms. The molecule has 1 aromatic heterocycles. The Morgan fingerprint density at radius 1 is 1.12 bits per heavy atom. The number of anilines is 1. The third-order valence-electron chi connectivity index (χ3n) is 4.16. The molecule has 3 rings (SSSR count). The number of rotatable bonds is 5. The molecule has 0 aliphatic carbocycles. The number of nitrogens with zero attached hydrogens (tertiary/aromatic N) is 1. The monoisotopic (exact) mass is 384 g/mol. The fourth-order valence-corrected chi connectivity index (χ4v) is 4.01. The summed E-state index contributed by atoms with van der Waals surface area (Å²) in [5, 5.41) is 5.54. The highest BCUT2D eigenvalue weighted by Gasteiger charge is 2.09. The number of carbonyl (C=O) groups excluding carboxylic acids is 1. The number of hydrogen-bond acceptors (Lipinski definition) is 3. The van der Waals surface area contributed by atoms with E-state index in [0.29, 0.717) is 22.9 Å². The lowest BCUT2D eigenvalue weighted by Gasteiger charge is -2.10. The molecular formula is C21H21ClN2OS. The van der Waals surface area contributed by atoms with E-state index in [1.807, 2.05) is 12.1 Å². The van der Waals surface area contributed by atoms with Crippen molar-refractivity contribution < 1.29 is 4.79 Å². The number of hydrogen-bond donors (Lipinski definition) is 1. The second-order valence-corrected chi connectivity index (χ2v) is 7.90. The third kappa shape index (κ3) is 4.37. The summed E-state index contributed by atoms with van der Waals surface area (Å²) in [6.45, 7) is 6.30. The van der Waals surface area contributed by atoms with E-state index in [9.17, 15) is 4.79 Å². The van der Waals surface area contributed by atoms with Crippen molar-refractivity contribution in [1.82, 2.24) is 4.98 Å². The SMILES string of the molecule is Cc1cc(C)c2nc(SCCC(=O)Nc3ccccc3Cl)cc(C)c2c1. The van der Waals surface area contributed by atoms with E-state index in [2.05, 4.69) is 44.3 Å². The summed E-state index contributed by atoms with van der Waals surface area (Å²) in [5.74, 6) is 0.619. The molecule has 0 aliphatic heterocycles. The third-order valence-corrected chi connectivity index (χ3v) is 5.40. The minimum Gasteiger partial charge on any atom is -0.325 e. The highest BCUT2D eigenvalue weighted by atomic mass is 35.5. The molecule has 0 bridgehead atoms. The quantitative estimate of drug-likeness (QED) is 0.554. The summed E-state index contributed by atoms with van der Waals surface area (Å²) in [4.78, 5) is 16.9. The number of thioether (sulfide) groups is 1. The molecule has 0 saturated heterocycles. The van der Waals surface area contributed by atoms with Crippen LogP contribution >= 0.6 is 23.4 Å². The van der Waals surface area contributed by atoms with Crippen molar-refractivity contribution >= 4 is 45.9 Å². The number of carbonyl (C=O) groups is 1. The Morgan fingerprint density at radius 3 is 2.65 bits per heavy atom. The molecule has 3 aromatic rings. The molecule has 1 heterocycles. The minimum absolute atomic E-state index is 0.0464. The van der Waals surface area contributed by atoms with Crippen LogP contribution in [0.2, 0.25) is 5.02 Å². The average Bonchev–Trinajstić information content (AvgIpc) is 2.58. The fourth-order valence-electron chi connectivity index (χ4n) is 2.91. The van der Waals surface area contributed by atoms with E-state index < -0.39 is 0 Å². The number of aryl methyl sites for hydroxylation is 3. The van der Waals surface area contributed by atoms with E-state index in [0.717, 1.165) is 10.5 Å². The van der Waals surface area contributed by atoms with Crippen molar-refractivity contribution in [3.63, 3.8) is 0 Å². The molecule has 2 aromatic carbocycles. The van der Waals surface area contributed by atoms with Gasteiger partial charge in [0.2, 0.25) is 5.91 Å². The van der Waals surface area contributed by atoms with Crippen LogP contribution in [-0.4, -0.2) is 16.6 Å². The number of benzene rings is 2. The number of aromatic nitrogens is 1.